The second-order valence-electron chi connectivity index (χ2n) is 5.32. The van der Waals surface area contributed by atoms with Crippen LogP contribution in [0, 0.1) is 0 Å². The summed E-state index contributed by atoms with van der Waals surface area (Å²) < 4.78 is 13.0. The molecule has 5 heteroatoms. The highest BCUT2D eigenvalue weighted by Crippen LogP contribution is 2.33. The van der Waals surface area contributed by atoms with Crippen molar-refractivity contribution in [3.8, 4) is 11.5 Å². The summed E-state index contributed by atoms with van der Waals surface area (Å²) in [6, 6.07) is 10.5. The second kappa shape index (κ2) is 6.88. The normalized spacial score (nSPS) is 13.1. The zero-order chi connectivity index (χ0) is 14.8. The van der Waals surface area contributed by atoms with Crippen LogP contribution in [0.15, 0.2) is 36.5 Å². The molecule has 1 aliphatic rings. The van der Waals surface area contributed by atoms with Crippen LogP contribution in [-0.2, 0) is 20.0 Å². The summed E-state index contributed by atoms with van der Waals surface area (Å²) in [5.74, 6) is 2.85. The van der Waals surface area contributed by atoms with Gasteiger partial charge in [0.2, 0.25) is 0 Å². The molecule has 0 spiro atoms. The molecule has 0 bridgehead atoms. The lowest BCUT2D eigenvalue weighted by molar-refractivity contribution is -0.659. The van der Waals surface area contributed by atoms with E-state index in [1.807, 2.05) is 0 Å². The monoisotopic (exact) mass is 320 g/mol. The van der Waals surface area contributed by atoms with Crippen molar-refractivity contribution in [3.05, 3.63) is 47.7 Å². The van der Waals surface area contributed by atoms with Gasteiger partial charge >= 0.3 is 0 Å². The third kappa shape index (κ3) is 2.97. The Morgan fingerprint density at radius 2 is 1.73 bits per heavy atom. The summed E-state index contributed by atoms with van der Waals surface area (Å²) in [7, 11) is 5.45. The zero-order valence-corrected chi connectivity index (χ0v) is 13.9. The minimum Gasteiger partial charge on any atom is -1.00 e. The number of pyridine rings is 1. The predicted octanol–water partition coefficient (Wildman–Crippen LogP) is -0.905. The molecule has 0 saturated heterocycles. The average molecular weight is 321 g/mol. The predicted molar refractivity (Wildman–Crippen MR) is 81.9 cm³/mol. The van der Waals surface area contributed by atoms with Crippen LogP contribution in [0.1, 0.15) is 11.1 Å². The van der Waals surface area contributed by atoms with Gasteiger partial charge in [-0.25, -0.2) is 4.57 Å². The van der Waals surface area contributed by atoms with Crippen molar-refractivity contribution < 1.29 is 26.4 Å². The molecular weight excluding hydrogens is 300 g/mol. The maximum atomic E-state index is 5.42. The number of halogens is 1. The van der Waals surface area contributed by atoms with Crippen LogP contribution >= 0.6 is 0 Å². The quantitative estimate of drug-likeness (QED) is 0.685. The average Bonchev–Trinajstić information content (AvgIpc) is 2.53. The van der Waals surface area contributed by atoms with Crippen LogP contribution < -0.4 is 31.3 Å². The van der Waals surface area contributed by atoms with Crippen molar-refractivity contribution >= 4 is 5.82 Å². The number of rotatable bonds is 3. The molecule has 0 N–H and O–H groups in total. The third-order valence-electron chi connectivity index (χ3n) is 4.07. The fourth-order valence-electron chi connectivity index (χ4n) is 2.92. The number of fused-ring (bicyclic) bond motifs is 1. The molecule has 1 aromatic heterocycles. The Labute approximate surface area is 137 Å². The standard InChI is InChI=1S/C17H21N2O2.ClH/c1-18-8-5-4-6-17(18)19-9-7-13-10-15(20-2)16(21-3)11-14(13)12-19;/h4-6,8,10-11H,7,9,12H2,1-3H3;1H/q+1;/p-1. The summed E-state index contributed by atoms with van der Waals surface area (Å²) in [5, 5.41) is 0. The van der Waals surface area contributed by atoms with Crippen molar-refractivity contribution in [1.29, 1.82) is 0 Å². The van der Waals surface area contributed by atoms with Gasteiger partial charge in [-0.15, -0.1) is 0 Å². The molecule has 1 aromatic carbocycles. The van der Waals surface area contributed by atoms with Crippen molar-refractivity contribution in [2.75, 3.05) is 25.7 Å². The summed E-state index contributed by atoms with van der Waals surface area (Å²) >= 11 is 0. The third-order valence-corrected chi connectivity index (χ3v) is 4.07. The molecule has 22 heavy (non-hydrogen) atoms. The summed E-state index contributed by atoms with van der Waals surface area (Å²) in [5.41, 5.74) is 2.66. The van der Waals surface area contributed by atoms with Gasteiger partial charge in [-0.05, 0) is 23.8 Å². The van der Waals surface area contributed by atoms with Crippen molar-refractivity contribution in [1.82, 2.24) is 0 Å². The number of benzene rings is 1. The molecule has 0 fully saturated rings. The number of anilines is 1. The number of methoxy groups -OCH3 is 2. The summed E-state index contributed by atoms with van der Waals surface area (Å²) in [4.78, 5) is 2.40. The molecule has 3 rings (SSSR count). The first-order valence-corrected chi connectivity index (χ1v) is 7.16. The molecule has 2 heterocycles. The van der Waals surface area contributed by atoms with Gasteiger partial charge in [0.1, 0.15) is 6.54 Å². The molecule has 118 valence electrons. The van der Waals surface area contributed by atoms with E-state index in [1.54, 1.807) is 14.2 Å². The van der Waals surface area contributed by atoms with E-state index in [4.69, 9.17) is 9.47 Å². The minimum atomic E-state index is 0. The minimum absolute atomic E-state index is 0. The Hall–Kier alpha value is -1.94. The van der Waals surface area contributed by atoms with E-state index in [0.717, 1.165) is 31.0 Å². The van der Waals surface area contributed by atoms with Crippen molar-refractivity contribution in [2.45, 2.75) is 13.0 Å². The Kier molecular flexibility index (Phi) is 5.14. The van der Waals surface area contributed by atoms with E-state index in [-0.39, 0.29) is 12.4 Å². The topological polar surface area (TPSA) is 25.6 Å². The molecule has 2 aromatic rings. The molecular formula is C17H21ClN2O2. The van der Waals surface area contributed by atoms with Crippen molar-refractivity contribution in [3.63, 3.8) is 0 Å². The number of aromatic nitrogens is 1. The molecule has 0 atom stereocenters. The summed E-state index contributed by atoms with van der Waals surface area (Å²) in [6.45, 7) is 1.91. The molecule has 4 nitrogen and oxygen atoms in total. The van der Waals surface area contributed by atoms with Gasteiger partial charge in [0.15, 0.2) is 11.5 Å². The van der Waals surface area contributed by atoms with Crippen LogP contribution in [0.5, 0.6) is 11.5 Å². The van der Waals surface area contributed by atoms with Gasteiger partial charge in [0, 0.05) is 18.1 Å². The zero-order valence-electron chi connectivity index (χ0n) is 13.2. The van der Waals surface area contributed by atoms with Gasteiger partial charge in [-0.2, -0.15) is 0 Å². The smallest absolute Gasteiger partial charge is 0.276 e. The molecule has 1 aliphatic heterocycles. The maximum Gasteiger partial charge on any atom is 0.276 e. The highest BCUT2D eigenvalue weighted by atomic mass is 35.5. The Bertz CT molecular complexity index is 661. The fourth-order valence-corrected chi connectivity index (χ4v) is 2.92. The highest BCUT2D eigenvalue weighted by molar-refractivity contribution is 5.51. The highest BCUT2D eigenvalue weighted by Gasteiger charge is 2.25. The van der Waals surface area contributed by atoms with Crippen LogP contribution in [0.4, 0.5) is 5.82 Å². The first-order valence-electron chi connectivity index (χ1n) is 7.16. The second-order valence-corrected chi connectivity index (χ2v) is 5.32. The van der Waals surface area contributed by atoms with E-state index in [1.165, 1.54) is 16.9 Å². The van der Waals surface area contributed by atoms with E-state index < -0.39 is 0 Å². The van der Waals surface area contributed by atoms with E-state index in [2.05, 4.69) is 53.0 Å². The maximum absolute atomic E-state index is 5.42. The van der Waals surface area contributed by atoms with Gasteiger partial charge in [-0.1, -0.05) is 6.07 Å². The van der Waals surface area contributed by atoms with Gasteiger partial charge in [0.25, 0.3) is 5.82 Å². The van der Waals surface area contributed by atoms with E-state index in [0.29, 0.717) is 0 Å². The van der Waals surface area contributed by atoms with Crippen LogP contribution in [0.3, 0.4) is 0 Å². The number of hydrogen-bond acceptors (Lipinski definition) is 3. The largest absolute Gasteiger partial charge is 1.00 e. The van der Waals surface area contributed by atoms with Gasteiger partial charge in [0.05, 0.1) is 34.0 Å². The van der Waals surface area contributed by atoms with Crippen LogP contribution in [-0.4, -0.2) is 20.8 Å². The van der Waals surface area contributed by atoms with Crippen LogP contribution in [0.25, 0.3) is 0 Å². The van der Waals surface area contributed by atoms with Gasteiger partial charge in [-0.3, -0.25) is 4.90 Å². The Morgan fingerprint density at radius 1 is 1.05 bits per heavy atom. The SMILES string of the molecule is COc1cc2c(cc1OC)CN(c1cccc[n+]1C)CC2.[Cl-]. The lowest BCUT2D eigenvalue weighted by atomic mass is 9.98. The van der Waals surface area contributed by atoms with Crippen molar-refractivity contribution in [2.24, 2.45) is 7.05 Å². The lowest BCUT2D eigenvalue weighted by Crippen LogP contribution is -3.00. The first-order chi connectivity index (χ1) is 10.2. The first kappa shape index (κ1) is 16.4. The number of hydrogen-bond donors (Lipinski definition) is 0. The van der Waals surface area contributed by atoms with E-state index >= 15 is 0 Å². The lowest BCUT2D eigenvalue weighted by Gasteiger charge is -2.26. The molecule has 0 radical (unpaired) electrons. The van der Waals surface area contributed by atoms with Gasteiger partial charge < -0.3 is 21.9 Å². The van der Waals surface area contributed by atoms with E-state index in [9.17, 15) is 0 Å². The summed E-state index contributed by atoms with van der Waals surface area (Å²) in [6.07, 6.45) is 3.10. The molecule has 0 unspecified atom stereocenters. The molecule has 0 aliphatic carbocycles. The van der Waals surface area contributed by atoms with Crippen LogP contribution in [0.2, 0.25) is 0 Å². The molecule has 0 amide bonds. The number of ether oxygens (including phenoxy) is 2. The number of aryl methyl sites for hydroxylation is 1. The Morgan fingerprint density at radius 3 is 2.36 bits per heavy atom. The Balaban J connectivity index is 0.00000176. The fraction of sp³-hybridized carbons (Fsp3) is 0.353. The number of nitrogens with zero attached hydrogens (tertiary/aromatic N) is 2. The molecule has 0 saturated carbocycles.